The highest BCUT2D eigenvalue weighted by molar-refractivity contribution is 5.94. The lowest BCUT2D eigenvalue weighted by molar-refractivity contribution is -0.142. The smallest absolute Gasteiger partial charge is 0.348 e. The van der Waals surface area contributed by atoms with Crippen LogP contribution in [0.3, 0.4) is 0 Å². The van der Waals surface area contributed by atoms with Crippen molar-refractivity contribution >= 4 is 11.5 Å². The molecule has 0 aliphatic heterocycles. The lowest BCUT2D eigenvalue weighted by Gasteiger charge is -2.25. The fourth-order valence-corrected chi connectivity index (χ4v) is 2.68. The summed E-state index contributed by atoms with van der Waals surface area (Å²) in [5.74, 6) is -0.577. The maximum absolute atomic E-state index is 12.4. The van der Waals surface area contributed by atoms with Gasteiger partial charge in [0.2, 0.25) is 0 Å². The summed E-state index contributed by atoms with van der Waals surface area (Å²) >= 11 is 0. The number of hydrogen-bond donors (Lipinski definition) is 0. The summed E-state index contributed by atoms with van der Waals surface area (Å²) in [6, 6.07) is 21.8. The number of ether oxygens (including phenoxy) is 1. The van der Waals surface area contributed by atoms with E-state index in [1.807, 2.05) is 72.8 Å². The molecule has 0 saturated carbocycles. The van der Waals surface area contributed by atoms with Crippen LogP contribution in [0.1, 0.15) is 44.7 Å². The van der Waals surface area contributed by atoms with Gasteiger partial charge in [-0.15, -0.1) is 0 Å². The number of nitrogens with zero attached hydrogens (tertiary/aromatic N) is 1. The third kappa shape index (κ3) is 5.69. The molecular formula is C25H27NO2. The SMILES string of the molecule is CCC(C)(CC)COC(=O)/C(C#N)=C/C=C(c1ccccc1)c1ccccc1. The zero-order chi connectivity index (χ0) is 20.4. The van der Waals surface area contributed by atoms with E-state index in [4.69, 9.17) is 4.74 Å². The molecule has 0 atom stereocenters. The Labute approximate surface area is 168 Å². The highest BCUT2D eigenvalue weighted by Gasteiger charge is 2.23. The average Bonchev–Trinajstić information content (AvgIpc) is 2.76. The van der Waals surface area contributed by atoms with E-state index in [9.17, 15) is 10.1 Å². The molecule has 144 valence electrons. The van der Waals surface area contributed by atoms with Crippen LogP contribution in [0.5, 0.6) is 0 Å². The molecule has 2 rings (SSSR count). The van der Waals surface area contributed by atoms with E-state index in [-0.39, 0.29) is 11.0 Å². The maximum atomic E-state index is 12.4. The zero-order valence-corrected chi connectivity index (χ0v) is 16.8. The van der Waals surface area contributed by atoms with Crippen LogP contribution in [0.2, 0.25) is 0 Å². The number of hydrogen-bond acceptors (Lipinski definition) is 3. The number of allylic oxidation sites excluding steroid dienone is 2. The van der Waals surface area contributed by atoms with Gasteiger partial charge < -0.3 is 4.74 Å². The van der Waals surface area contributed by atoms with Crippen LogP contribution in [0.15, 0.2) is 78.4 Å². The quantitative estimate of drug-likeness (QED) is 0.249. The van der Waals surface area contributed by atoms with E-state index in [1.54, 1.807) is 6.08 Å². The third-order valence-electron chi connectivity index (χ3n) is 5.19. The van der Waals surface area contributed by atoms with Crippen molar-refractivity contribution in [1.29, 1.82) is 5.26 Å². The first-order chi connectivity index (χ1) is 13.5. The van der Waals surface area contributed by atoms with E-state index >= 15 is 0 Å². The fraction of sp³-hybridized carbons (Fsp3) is 0.280. The van der Waals surface area contributed by atoms with Crippen LogP contribution in [-0.4, -0.2) is 12.6 Å². The second-order valence-corrected chi connectivity index (χ2v) is 7.10. The minimum atomic E-state index is -0.577. The molecule has 0 aliphatic carbocycles. The van der Waals surface area contributed by atoms with Gasteiger partial charge in [-0.2, -0.15) is 5.26 Å². The zero-order valence-electron chi connectivity index (χ0n) is 16.8. The van der Waals surface area contributed by atoms with Gasteiger partial charge in [0.15, 0.2) is 0 Å². The normalized spacial score (nSPS) is 11.4. The van der Waals surface area contributed by atoms with E-state index in [0.29, 0.717) is 6.61 Å². The summed E-state index contributed by atoms with van der Waals surface area (Å²) in [5, 5.41) is 9.45. The number of esters is 1. The summed E-state index contributed by atoms with van der Waals surface area (Å²) in [6.07, 6.45) is 5.18. The Bertz CT molecular complexity index is 828. The molecule has 0 radical (unpaired) electrons. The molecule has 0 aliphatic rings. The van der Waals surface area contributed by atoms with Gasteiger partial charge in [0.25, 0.3) is 0 Å². The highest BCUT2D eigenvalue weighted by atomic mass is 16.5. The predicted molar refractivity (Wildman–Crippen MR) is 113 cm³/mol. The van der Waals surface area contributed by atoms with Gasteiger partial charge in [0, 0.05) is 5.41 Å². The molecule has 3 heteroatoms. The van der Waals surface area contributed by atoms with Crippen molar-refractivity contribution in [2.45, 2.75) is 33.6 Å². The molecule has 0 saturated heterocycles. The molecular weight excluding hydrogens is 346 g/mol. The lowest BCUT2D eigenvalue weighted by Crippen LogP contribution is -2.24. The first-order valence-corrected chi connectivity index (χ1v) is 9.63. The third-order valence-corrected chi connectivity index (χ3v) is 5.19. The summed E-state index contributed by atoms with van der Waals surface area (Å²) in [7, 11) is 0. The van der Waals surface area contributed by atoms with Gasteiger partial charge in [0.05, 0.1) is 6.61 Å². The topological polar surface area (TPSA) is 50.1 Å². The van der Waals surface area contributed by atoms with Gasteiger partial charge in [-0.25, -0.2) is 4.79 Å². The first kappa shape index (κ1) is 21.2. The van der Waals surface area contributed by atoms with Crippen molar-refractivity contribution in [3.8, 4) is 6.07 Å². The Morgan fingerprint density at radius 2 is 1.46 bits per heavy atom. The predicted octanol–water partition coefficient (Wildman–Crippen LogP) is 5.94. The molecule has 0 heterocycles. The molecule has 2 aromatic carbocycles. The molecule has 0 N–H and O–H groups in total. The standard InChI is InChI=1S/C25H27NO2/c1-4-25(3,5-2)19-28-24(27)22(18-26)16-17-23(20-12-8-6-9-13-20)21-14-10-7-11-15-21/h6-17H,4-5,19H2,1-3H3/b22-16+. The first-order valence-electron chi connectivity index (χ1n) is 9.63. The Morgan fingerprint density at radius 3 is 1.89 bits per heavy atom. The fourth-order valence-electron chi connectivity index (χ4n) is 2.68. The molecule has 2 aromatic rings. The molecule has 0 unspecified atom stereocenters. The highest BCUT2D eigenvalue weighted by Crippen LogP contribution is 2.26. The summed E-state index contributed by atoms with van der Waals surface area (Å²) < 4.78 is 5.43. The number of carbonyl (C=O) groups is 1. The van der Waals surface area contributed by atoms with Crippen LogP contribution in [0.25, 0.3) is 5.57 Å². The summed E-state index contributed by atoms with van der Waals surface area (Å²) in [5.41, 5.74) is 2.90. The van der Waals surface area contributed by atoms with Crippen LogP contribution in [-0.2, 0) is 9.53 Å². The van der Waals surface area contributed by atoms with Gasteiger partial charge in [-0.3, -0.25) is 0 Å². The van der Waals surface area contributed by atoms with Crippen LogP contribution in [0.4, 0.5) is 0 Å². The van der Waals surface area contributed by atoms with E-state index in [1.165, 1.54) is 0 Å². The van der Waals surface area contributed by atoms with Crippen LogP contribution >= 0.6 is 0 Å². The monoisotopic (exact) mass is 373 g/mol. The Hall–Kier alpha value is -3.12. The van der Waals surface area contributed by atoms with Crippen molar-refractivity contribution in [3.63, 3.8) is 0 Å². The molecule has 3 nitrogen and oxygen atoms in total. The Kier molecular flexibility index (Phi) is 7.77. The van der Waals surface area contributed by atoms with Crippen molar-refractivity contribution in [1.82, 2.24) is 0 Å². The van der Waals surface area contributed by atoms with Crippen LogP contribution in [0, 0.1) is 16.7 Å². The Balaban J connectivity index is 2.30. The molecule has 0 bridgehead atoms. The number of rotatable bonds is 8. The second-order valence-electron chi connectivity index (χ2n) is 7.10. The number of benzene rings is 2. The van der Waals surface area contributed by atoms with Crippen LogP contribution < -0.4 is 0 Å². The molecule has 0 spiro atoms. The minimum Gasteiger partial charge on any atom is -0.461 e. The molecule has 0 aromatic heterocycles. The van der Waals surface area contributed by atoms with E-state index < -0.39 is 5.97 Å². The van der Waals surface area contributed by atoms with E-state index in [2.05, 4.69) is 20.8 Å². The van der Waals surface area contributed by atoms with Crippen molar-refractivity contribution in [3.05, 3.63) is 89.5 Å². The number of carbonyl (C=O) groups excluding carboxylic acids is 1. The largest absolute Gasteiger partial charge is 0.461 e. The van der Waals surface area contributed by atoms with Crippen molar-refractivity contribution in [2.24, 2.45) is 5.41 Å². The lowest BCUT2D eigenvalue weighted by atomic mass is 9.86. The molecule has 0 fully saturated rings. The van der Waals surface area contributed by atoms with Gasteiger partial charge in [-0.05, 0) is 35.6 Å². The molecule has 0 amide bonds. The van der Waals surface area contributed by atoms with Crippen molar-refractivity contribution in [2.75, 3.05) is 6.61 Å². The summed E-state index contributed by atoms with van der Waals surface area (Å²) in [4.78, 5) is 12.4. The number of nitriles is 1. The van der Waals surface area contributed by atoms with Gasteiger partial charge in [-0.1, -0.05) is 87.5 Å². The van der Waals surface area contributed by atoms with Gasteiger partial charge >= 0.3 is 5.97 Å². The minimum absolute atomic E-state index is 0.00100. The Morgan fingerprint density at radius 1 is 0.964 bits per heavy atom. The maximum Gasteiger partial charge on any atom is 0.348 e. The van der Waals surface area contributed by atoms with Gasteiger partial charge in [0.1, 0.15) is 11.6 Å². The molecule has 28 heavy (non-hydrogen) atoms. The average molecular weight is 373 g/mol. The second kappa shape index (κ2) is 10.3. The van der Waals surface area contributed by atoms with Crippen molar-refractivity contribution < 1.29 is 9.53 Å². The summed E-state index contributed by atoms with van der Waals surface area (Å²) in [6.45, 7) is 6.55. The van der Waals surface area contributed by atoms with E-state index in [0.717, 1.165) is 29.5 Å².